The molecule has 0 saturated carbocycles. The van der Waals surface area contributed by atoms with Crippen LogP contribution in [0.1, 0.15) is 5.56 Å². The van der Waals surface area contributed by atoms with Gasteiger partial charge in [0.05, 0.1) is 5.69 Å². The largest absolute Gasteiger partial charge is 0.319 e. The Labute approximate surface area is 104 Å². The number of halogens is 2. The zero-order valence-corrected chi connectivity index (χ0v) is 10.4. The first-order chi connectivity index (χ1) is 8.61. The Balaban J connectivity index is 2.39. The topological polar surface area (TPSA) is 29.9 Å². The molecule has 0 bridgehead atoms. The Morgan fingerprint density at radius 3 is 2.72 bits per heavy atom. The van der Waals surface area contributed by atoms with Gasteiger partial charge in [-0.2, -0.15) is 5.10 Å². The van der Waals surface area contributed by atoms with Crippen molar-refractivity contribution in [1.82, 2.24) is 15.1 Å². The van der Waals surface area contributed by atoms with E-state index in [9.17, 15) is 8.78 Å². The second kappa shape index (κ2) is 5.27. The van der Waals surface area contributed by atoms with Gasteiger partial charge in [0.15, 0.2) is 11.6 Å². The minimum absolute atomic E-state index is 0.598. The van der Waals surface area contributed by atoms with E-state index in [0.29, 0.717) is 11.3 Å². The van der Waals surface area contributed by atoms with Gasteiger partial charge in [-0.05, 0) is 43.8 Å². The van der Waals surface area contributed by atoms with Gasteiger partial charge in [-0.25, -0.2) is 8.78 Å². The van der Waals surface area contributed by atoms with Crippen LogP contribution in [-0.2, 0) is 13.5 Å². The molecule has 0 amide bonds. The Kier molecular flexibility index (Phi) is 3.72. The van der Waals surface area contributed by atoms with Crippen LogP contribution in [0.2, 0.25) is 0 Å². The third-order valence-electron chi connectivity index (χ3n) is 2.74. The van der Waals surface area contributed by atoms with Gasteiger partial charge in [0.1, 0.15) is 0 Å². The third kappa shape index (κ3) is 2.56. The van der Waals surface area contributed by atoms with Crippen LogP contribution < -0.4 is 5.32 Å². The van der Waals surface area contributed by atoms with Gasteiger partial charge in [-0.1, -0.05) is 0 Å². The number of aromatic nitrogens is 2. The molecule has 0 atom stereocenters. The molecular weight excluding hydrogens is 236 g/mol. The summed E-state index contributed by atoms with van der Waals surface area (Å²) in [4.78, 5) is 0. The van der Waals surface area contributed by atoms with Crippen LogP contribution in [0, 0.1) is 11.6 Å². The van der Waals surface area contributed by atoms with Gasteiger partial charge in [0.2, 0.25) is 0 Å². The quantitative estimate of drug-likeness (QED) is 0.902. The number of benzene rings is 1. The zero-order valence-electron chi connectivity index (χ0n) is 10.4. The summed E-state index contributed by atoms with van der Waals surface area (Å²) < 4.78 is 27.8. The van der Waals surface area contributed by atoms with Crippen LogP contribution in [0.5, 0.6) is 0 Å². The average molecular weight is 251 g/mol. The van der Waals surface area contributed by atoms with Crippen molar-refractivity contribution in [3.05, 3.63) is 41.6 Å². The second-order valence-electron chi connectivity index (χ2n) is 4.16. The molecule has 1 heterocycles. The molecule has 96 valence electrons. The van der Waals surface area contributed by atoms with Crippen LogP contribution >= 0.6 is 0 Å². The van der Waals surface area contributed by atoms with E-state index in [1.165, 1.54) is 6.07 Å². The number of hydrogen-bond donors (Lipinski definition) is 1. The lowest BCUT2D eigenvalue weighted by Gasteiger charge is -2.03. The standard InChI is InChI=1S/C13H15F2N3/c1-16-6-5-10-8-18(2)17-13(10)9-3-4-11(14)12(15)7-9/h3-4,7-8,16H,5-6H2,1-2H3. The predicted molar refractivity (Wildman–Crippen MR) is 66.2 cm³/mol. The van der Waals surface area contributed by atoms with Crippen molar-refractivity contribution in [3.63, 3.8) is 0 Å². The summed E-state index contributed by atoms with van der Waals surface area (Å²) >= 11 is 0. The Hall–Kier alpha value is -1.75. The summed E-state index contributed by atoms with van der Waals surface area (Å²) in [5.41, 5.74) is 2.31. The van der Waals surface area contributed by atoms with Crippen molar-refractivity contribution in [3.8, 4) is 11.3 Å². The van der Waals surface area contributed by atoms with E-state index in [4.69, 9.17) is 0 Å². The molecule has 2 rings (SSSR count). The molecule has 0 aliphatic heterocycles. The summed E-state index contributed by atoms with van der Waals surface area (Å²) in [7, 11) is 3.68. The average Bonchev–Trinajstić information content (AvgIpc) is 2.71. The molecule has 0 spiro atoms. The van der Waals surface area contributed by atoms with Gasteiger partial charge >= 0.3 is 0 Å². The first-order valence-corrected chi connectivity index (χ1v) is 5.74. The summed E-state index contributed by atoms with van der Waals surface area (Å²) in [6, 6.07) is 3.85. The zero-order chi connectivity index (χ0) is 13.1. The van der Waals surface area contributed by atoms with Crippen molar-refractivity contribution in [2.24, 2.45) is 7.05 Å². The minimum Gasteiger partial charge on any atom is -0.319 e. The van der Waals surface area contributed by atoms with Gasteiger partial charge in [-0.15, -0.1) is 0 Å². The molecule has 1 aromatic carbocycles. The molecule has 0 aliphatic rings. The number of nitrogens with zero attached hydrogens (tertiary/aromatic N) is 2. The highest BCUT2D eigenvalue weighted by molar-refractivity contribution is 5.62. The number of likely N-dealkylation sites (N-methyl/N-ethyl adjacent to an activating group) is 1. The fourth-order valence-electron chi connectivity index (χ4n) is 1.87. The number of aryl methyl sites for hydroxylation is 1. The second-order valence-corrected chi connectivity index (χ2v) is 4.16. The van der Waals surface area contributed by atoms with Crippen molar-refractivity contribution < 1.29 is 8.78 Å². The molecule has 3 nitrogen and oxygen atoms in total. The molecule has 0 aliphatic carbocycles. The van der Waals surface area contributed by atoms with E-state index in [2.05, 4.69) is 10.4 Å². The van der Waals surface area contributed by atoms with E-state index in [0.717, 1.165) is 24.6 Å². The summed E-state index contributed by atoms with van der Waals surface area (Å²) in [6.07, 6.45) is 2.69. The summed E-state index contributed by atoms with van der Waals surface area (Å²) in [5.74, 6) is -1.69. The monoisotopic (exact) mass is 251 g/mol. The van der Waals surface area contributed by atoms with Gasteiger partial charge in [0.25, 0.3) is 0 Å². The van der Waals surface area contributed by atoms with Crippen molar-refractivity contribution >= 4 is 0 Å². The van der Waals surface area contributed by atoms with E-state index in [-0.39, 0.29) is 0 Å². The number of hydrogen-bond acceptors (Lipinski definition) is 2. The molecule has 2 aromatic rings. The summed E-state index contributed by atoms with van der Waals surface area (Å²) in [5, 5.41) is 7.36. The number of rotatable bonds is 4. The van der Waals surface area contributed by atoms with E-state index >= 15 is 0 Å². The summed E-state index contributed by atoms with van der Waals surface area (Å²) in [6.45, 7) is 0.808. The fraction of sp³-hybridized carbons (Fsp3) is 0.308. The molecule has 0 unspecified atom stereocenters. The third-order valence-corrected chi connectivity index (χ3v) is 2.74. The van der Waals surface area contributed by atoms with Crippen LogP contribution in [-0.4, -0.2) is 23.4 Å². The van der Waals surface area contributed by atoms with Gasteiger partial charge in [0, 0.05) is 18.8 Å². The Morgan fingerprint density at radius 2 is 2.06 bits per heavy atom. The first kappa shape index (κ1) is 12.7. The maximum Gasteiger partial charge on any atom is 0.159 e. The SMILES string of the molecule is CNCCc1cn(C)nc1-c1ccc(F)c(F)c1. The lowest BCUT2D eigenvalue weighted by atomic mass is 10.1. The minimum atomic E-state index is -0.849. The van der Waals surface area contributed by atoms with Gasteiger partial charge in [-0.3, -0.25) is 4.68 Å². The Morgan fingerprint density at radius 1 is 1.28 bits per heavy atom. The molecular formula is C13H15F2N3. The highest BCUT2D eigenvalue weighted by atomic mass is 19.2. The molecule has 1 aromatic heterocycles. The number of nitrogens with one attached hydrogen (secondary N) is 1. The smallest absolute Gasteiger partial charge is 0.159 e. The highest BCUT2D eigenvalue weighted by Gasteiger charge is 2.12. The predicted octanol–water partition coefficient (Wildman–Crippen LogP) is 2.13. The molecule has 18 heavy (non-hydrogen) atoms. The molecule has 0 radical (unpaired) electrons. The first-order valence-electron chi connectivity index (χ1n) is 5.74. The van der Waals surface area contributed by atoms with Crippen LogP contribution in [0.3, 0.4) is 0 Å². The van der Waals surface area contributed by atoms with Crippen LogP contribution in [0.4, 0.5) is 8.78 Å². The molecule has 1 N–H and O–H groups in total. The molecule has 0 fully saturated rings. The highest BCUT2D eigenvalue weighted by Crippen LogP contribution is 2.23. The van der Waals surface area contributed by atoms with Crippen molar-refractivity contribution in [1.29, 1.82) is 0 Å². The van der Waals surface area contributed by atoms with E-state index < -0.39 is 11.6 Å². The molecule has 0 saturated heterocycles. The van der Waals surface area contributed by atoms with Crippen LogP contribution in [0.15, 0.2) is 24.4 Å². The van der Waals surface area contributed by atoms with E-state index in [1.807, 2.05) is 20.3 Å². The van der Waals surface area contributed by atoms with Gasteiger partial charge < -0.3 is 5.32 Å². The Bertz CT molecular complexity index is 549. The lowest BCUT2D eigenvalue weighted by molar-refractivity contribution is 0.509. The fourth-order valence-corrected chi connectivity index (χ4v) is 1.87. The maximum atomic E-state index is 13.2. The molecule has 5 heteroatoms. The lowest BCUT2D eigenvalue weighted by Crippen LogP contribution is -2.10. The van der Waals surface area contributed by atoms with Crippen molar-refractivity contribution in [2.75, 3.05) is 13.6 Å². The normalized spacial score (nSPS) is 10.9. The van der Waals surface area contributed by atoms with Crippen molar-refractivity contribution in [2.45, 2.75) is 6.42 Å². The van der Waals surface area contributed by atoms with Crippen LogP contribution in [0.25, 0.3) is 11.3 Å². The van der Waals surface area contributed by atoms with E-state index in [1.54, 1.807) is 10.7 Å². The maximum absolute atomic E-state index is 13.2.